The Bertz CT molecular complexity index is 1050. The van der Waals surface area contributed by atoms with Crippen LogP contribution in [0.15, 0.2) is 77.9 Å². The summed E-state index contributed by atoms with van der Waals surface area (Å²) in [7, 11) is 1.64. The van der Waals surface area contributed by atoms with Crippen LogP contribution in [0.4, 0.5) is 0 Å². The molecule has 31 heavy (non-hydrogen) atoms. The summed E-state index contributed by atoms with van der Waals surface area (Å²) in [5.74, 6) is 1.21. The van der Waals surface area contributed by atoms with Crippen molar-refractivity contribution in [3.63, 3.8) is 0 Å². The molecule has 1 N–H and O–H groups in total. The fraction of sp³-hybridized carbons (Fsp3) is 0.231. The number of methoxy groups -OCH3 is 1. The van der Waals surface area contributed by atoms with Crippen LogP contribution < -0.4 is 14.9 Å². The first kappa shape index (κ1) is 22.1. The molecule has 160 valence electrons. The second-order valence-electron chi connectivity index (χ2n) is 8.20. The van der Waals surface area contributed by atoms with Crippen LogP contribution in [0.2, 0.25) is 0 Å². The summed E-state index contributed by atoms with van der Waals surface area (Å²) < 4.78 is 11.2. The highest BCUT2D eigenvalue weighted by Gasteiger charge is 2.14. The van der Waals surface area contributed by atoms with E-state index in [9.17, 15) is 4.79 Å². The number of carbonyl (C=O) groups is 1. The van der Waals surface area contributed by atoms with Gasteiger partial charge in [-0.15, -0.1) is 0 Å². The van der Waals surface area contributed by atoms with Crippen LogP contribution in [-0.2, 0) is 12.0 Å². The number of hydrogen-bond acceptors (Lipinski definition) is 4. The highest BCUT2D eigenvalue weighted by molar-refractivity contribution is 5.95. The van der Waals surface area contributed by atoms with Gasteiger partial charge in [-0.2, -0.15) is 5.10 Å². The Morgan fingerprint density at radius 3 is 2.45 bits per heavy atom. The van der Waals surface area contributed by atoms with Gasteiger partial charge in [0.15, 0.2) is 0 Å². The largest absolute Gasteiger partial charge is 0.497 e. The van der Waals surface area contributed by atoms with E-state index in [-0.39, 0.29) is 11.3 Å². The molecule has 0 fully saturated rings. The van der Waals surface area contributed by atoms with Gasteiger partial charge in [0.2, 0.25) is 0 Å². The highest BCUT2D eigenvalue weighted by Crippen LogP contribution is 2.22. The van der Waals surface area contributed by atoms with Gasteiger partial charge in [-0.3, -0.25) is 4.79 Å². The lowest BCUT2D eigenvalue weighted by atomic mass is 9.87. The number of carbonyl (C=O) groups excluding carboxylic acids is 1. The van der Waals surface area contributed by atoms with Gasteiger partial charge in [0.25, 0.3) is 5.91 Å². The third-order valence-electron chi connectivity index (χ3n) is 4.83. The molecule has 0 aliphatic rings. The fourth-order valence-corrected chi connectivity index (χ4v) is 2.99. The number of amides is 1. The predicted molar refractivity (Wildman–Crippen MR) is 124 cm³/mol. The number of ether oxygens (including phenoxy) is 2. The summed E-state index contributed by atoms with van der Waals surface area (Å²) >= 11 is 0. The summed E-state index contributed by atoms with van der Waals surface area (Å²) in [5, 5.41) is 4.11. The molecule has 3 aromatic carbocycles. The zero-order valence-electron chi connectivity index (χ0n) is 18.4. The molecular formula is C26H28N2O3. The quantitative estimate of drug-likeness (QED) is 0.418. The number of hydrazone groups is 1. The number of nitrogens with zero attached hydrogens (tertiary/aromatic N) is 1. The second-order valence-corrected chi connectivity index (χ2v) is 8.20. The second kappa shape index (κ2) is 9.94. The van der Waals surface area contributed by atoms with Gasteiger partial charge in [0.1, 0.15) is 18.1 Å². The van der Waals surface area contributed by atoms with Gasteiger partial charge in [0.05, 0.1) is 13.3 Å². The van der Waals surface area contributed by atoms with E-state index >= 15 is 0 Å². The first-order valence-electron chi connectivity index (χ1n) is 10.2. The van der Waals surface area contributed by atoms with E-state index in [1.807, 2.05) is 72.8 Å². The molecule has 3 aromatic rings. The summed E-state index contributed by atoms with van der Waals surface area (Å²) in [5.41, 5.74) is 6.13. The zero-order valence-corrected chi connectivity index (χ0v) is 18.4. The van der Waals surface area contributed by atoms with Crippen LogP contribution >= 0.6 is 0 Å². The Morgan fingerprint density at radius 1 is 1.00 bits per heavy atom. The maximum atomic E-state index is 12.4. The van der Waals surface area contributed by atoms with Crippen LogP contribution in [0.1, 0.15) is 47.8 Å². The Morgan fingerprint density at radius 2 is 1.74 bits per heavy atom. The van der Waals surface area contributed by atoms with Crippen molar-refractivity contribution in [1.29, 1.82) is 0 Å². The molecule has 0 heterocycles. The third-order valence-corrected chi connectivity index (χ3v) is 4.83. The molecule has 0 saturated heterocycles. The maximum Gasteiger partial charge on any atom is 0.271 e. The van der Waals surface area contributed by atoms with E-state index in [0.29, 0.717) is 17.9 Å². The van der Waals surface area contributed by atoms with E-state index in [2.05, 4.69) is 31.3 Å². The summed E-state index contributed by atoms with van der Waals surface area (Å²) in [6.07, 6.45) is 1.59. The molecule has 3 rings (SSSR count). The van der Waals surface area contributed by atoms with Crippen molar-refractivity contribution in [2.45, 2.75) is 32.8 Å². The molecule has 5 heteroatoms. The van der Waals surface area contributed by atoms with Crippen molar-refractivity contribution in [1.82, 2.24) is 5.43 Å². The Hall–Kier alpha value is -3.60. The molecule has 0 radical (unpaired) electrons. The maximum absolute atomic E-state index is 12.4. The molecule has 0 atom stereocenters. The highest BCUT2D eigenvalue weighted by atomic mass is 16.5. The minimum Gasteiger partial charge on any atom is -0.497 e. The van der Waals surface area contributed by atoms with Crippen LogP contribution in [0.25, 0.3) is 0 Å². The molecule has 0 aliphatic carbocycles. The molecule has 0 bridgehead atoms. The minimum absolute atomic E-state index is 0.0434. The van der Waals surface area contributed by atoms with Gasteiger partial charge in [-0.05, 0) is 52.9 Å². The summed E-state index contributed by atoms with van der Waals surface area (Å²) in [6, 6.07) is 22.8. The normalized spacial score (nSPS) is 11.4. The number of para-hydroxylation sites is 1. The molecule has 0 aliphatic heterocycles. The lowest BCUT2D eigenvalue weighted by Crippen LogP contribution is -2.18. The van der Waals surface area contributed by atoms with Crippen molar-refractivity contribution in [2.75, 3.05) is 7.11 Å². The van der Waals surface area contributed by atoms with Gasteiger partial charge < -0.3 is 9.47 Å². The summed E-state index contributed by atoms with van der Waals surface area (Å²) in [4.78, 5) is 12.4. The molecule has 1 amide bonds. The third kappa shape index (κ3) is 6.19. The monoisotopic (exact) mass is 416 g/mol. The Labute approximate surface area is 183 Å². The molecule has 5 nitrogen and oxygen atoms in total. The first-order valence-corrected chi connectivity index (χ1v) is 10.2. The van der Waals surface area contributed by atoms with Gasteiger partial charge in [-0.1, -0.05) is 57.2 Å². The van der Waals surface area contributed by atoms with Crippen molar-refractivity contribution < 1.29 is 14.3 Å². The predicted octanol–water partition coefficient (Wildman–Crippen LogP) is 5.34. The number of rotatable bonds is 7. The molecule has 0 aromatic heterocycles. The number of nitrogens with one attached hydrogen (secondary N) is 1. The van der Waals surface area contributed by atoms with Crippen LogP contribution in [0.5, 0.6) is 11.5 Å². The van der Waals surface area contributed by atoms with E-state index in [1.165, 1.54) is 5.56 Å². The van der Waals surface area contributed by atoms with Crippen molar-refractivity contribution in [3.05, 3.63) is 95.1 Å². The molecule has 0 unspecified atom stereocenters. The average molecular weight is 417 g/mol. The number of benzene rings is 3. The molecule has 0 saturated carbocycles. The lowest BCUT2D eigenvalue weighted by molar-refractivity contribution is 0.0955. The molecule has 0 spiro atoms. The van der Waals surface area contributed by atoms with Crippen molar-refractivity contribution in [2.24, 2.45) is 5.10 Å². The first-order chi connectivity index (χ1) is 14.9. The zero-order chi connectivity index (χ0) is 22.3. The Balaban J connectivity index is 1.62. The van der Waals surface area contributed by atoms with E-state index in [0.717, 1.165) is 16.9 Å². The topological polar surface area (TPSA) is 59.9 Å². The van der Waals surface area contributed by atoms with E-state index < -0.39 is 0 Å². The van der Waals surface area contributed by atoms with Crippen LogP contribution in [0, 0.1) is 0 Å². The van der Waals surface area contributed by atoms with Crippen molar-refractivity contribution >= 4 is 12.1 Å². The SMILES string of the molecule is COc1cccc(COc2ccccc2/C=N\NC(=O)c2ccc(C(C)(C)C)cc2)c1. The van der Waals surface area contributed by atoms with E-state index in [1.54, 1.807) is 13.3 Å². The molecular weight excluding hydrogens is 388 g/mol. The fourth-order valence-electron chi connectivity index (χ4n) is 2.99. The lowest BCUT2D eigenvalue weighted by Gasteiger charge is -2.18. The van der Waals surface area contributed by atoms with Gasteiger partial charge in [-0.25, -0.2) is 5.43 Å². The minimum atomic E-state index is -0.258. The summed E-state index contributed by atoms with van der Waals surface area (Å²) in [6.45, 7) is 6.81. The van der Waals surface area contributed by atoms with Gasteiger partial charge >= 0.3 is 0 Å². The smallest absolute Gasteiger partial charge is 0.271 e. The van der Waals surface area contributed by atoms with Crippen LogP contribution in [0.3, 0.4) is 0 Å². The van der Waals surface area contributed by atoms with E-state index in [4.69, 9.17) is 9.47 Å². The Kier molecular flexibility index (Phi) is 7.08. The van der Waals surface area contributed by atoms with Crippen molar-refractivity contribution in [3.8, 4) is 11.5 Å². The number of hydrogen-bond donors (Lipinski definition) is 1. The standard InChI is InChI=1S/C26H28N2O3/c1-26(2,3)22-14-12-20(13-15-22)25(29)28-27-17-21-9-5-6-11-24(21)31-18-19-8-7-10-23(16-19)30-4/h5-17H,18H2,1-4H3,(H,28,29)/b27-17-. The van der Waals surface area contributed by atoms with Crippen LogP contribution in [-0.4, -0.2) is 19.2 Å². The van der Waals surface area contributed by atoms with Gasteiger partial charge in [0, 0.05) is 11.1 Å². The average Bonchev–Trinajstić information content (AvgIpc) is 2.78.